The summed E-state index contributed by atoms with van der Waals surface area (Å²) in [4.78, 5) is 20.0. The second-order valence-corrected chi connectivity index (χ2v) is 6.03. The lowest BCUT2D eigenvalue weighted by molar-refractivity contribution is 0.262. The molecule has 0 bridgehead atoms. The molecule has 0 spiro atoms. The molecule has 0 saturated carbocycles. The number of carbonyl (C=O) groups excluding carboxylic acids is 1. The third-order valence-corrected chi connectivity index (χ3v) is 3.93. The van der Waals surface area contributed by atoms with Crippen LogP contribution in [-0.2, 0) is 13.1 Å². The minimum Gasteiger partial charge on any atom is -0.495 e. The van der Waals surface area contributed by atoms with Crippen molar-refractivity contribution in [1.29, 1.82) is 0 Å². The fourth-order valence-electron chi connectivity index (χ4n) is 2.57. The van der Waals surface area contributed by atoms with Crippen LogP contribution in [0.1, 0.15) is 11.1 Å². The van der Waals surface area contributed by atoms with Crippen molar-refractivity contribution in [2.75, 3.05) is 23.5 Å². The van der Waals surface area contributed by atoms with E-state index >= 15 is 0 Å². The van der Waals surface area contributed by atoms with Crippen LogP contribution in [0.5, 0.6) is 5.75 Å². The summed E-state index contributed by atoms with van der Waals surface area (Å²) in [6.45, 7) is 1.45. The standard InChI is InChI=1S/C20H22N6O2/c1-28-17-9-15(11-22-10-14-5-3-2-4-6-14)7-8-16(17)25-20(27)26-19-13-23-18(21)12-24-19/h2-9,12-13,22H,10-11H2,1H3,(H2,21,23)(H2,24,25,26,27). The molecule has 28 heavy (non-hydrogen) atoms. The van der Waals surface area contributed by atoms with Crippen LogP contribution in [-0.4, -0.2) is 23.1 Å². The van der Waals surface area contributed by atoms with E-state index < -0.39 is 6.03 Å². The molecule has 2 aromatic carbocycles. The normalized spacial score (nSPS) is 10.3. The Bertz CT molecular complexity index is 916. The maximum absolute atomic E-state index is 12.2. The molecule has 0 radical (unpaired) electrons. The zero-order valence-corrected chi connectivity index (χ0v) is 15.5. The number of amides is 2. The fourth-order valence-corrected chi connectivity index (χ4v) is 2.57. The quantitative estimate of drug-likeness (QED) is 0.502. The zero-order chi connectivity index (χ0) is 19.8. The van der Waals surface area contributed by atoms with Crippen LogP contribution in [0.4, 0.5) is 22.1 Å². The molecule has 5 N–H and O–H groups in total. The first-order valence-electron chi connectivity index (χ1n) is 8.71. The van der Waals surface area contributed by atoms with E-state index in [1.807, 2.05) is 30.3 Å². The number of nitrogens with zero attached hydrogens (tertiary/aromatic N) is 2. The maximum atomic E-state index is 12.2. The van der Waals surface area contributed by atoms with Gasteiger partial charge in [-0.15, -0.1) is 0 Å². The molecule has 3 aromatic rings. The number of hydrogen-bond acceptors (Lipinski definition) is 6. The Hall–Kier alpha value is -3.65. The van der Waals surface area contributed by atoms with Crippen LogP contribution >= 0.6 is 0 Å². The number of aromatic nitrogens is 2. The molecular weight excluding hydrogens is 356 g/mol. The van der Waals surface area contributed by atoms with E-state index in [1.54, 1.807) is 13.2 Å². The van der Waals surface area contributed by atoms with Gasteiger partial charge in [0.15, 0.2) is 5.82 Å². The number of benzene rings is 2. The van der Waals surface area contributed by atoms with Crippen LogP contribution in [0, 0.1) is 0 Å². The highest BCUT2D eigenvalue weighted by molar-refractivity contribution is 6.00. The molecule has 0 fully saturated rings. The molecule has 0 aliphatic rings. The summed E-state index contributed by atoms with van der Waals surface area (Å²) in [5.41, 5.74) is 8.29. The van der Waals surface area contributed by atoms with Crippen LogP contribution in [0.2, 0.25) is 0 Å². The number of nitrogens with one attached hydrogen (secondary N) is 3. The summed E-state index contributed by atoms with van der Waals surface area (Å²) in [5, 5.41) is 8.71. The predicted octanol–water partition coefficient (Wildman–Crippen LogP) is 3.00. The number of rotatable bonds is 7. The van der Waals surface area contributed by atoms with E-state index in [2.05, 4.69) is 38.1 Å². The number of hydrogen-bond donors (Lipinski definition) is 4. The molecule has 0 atom stereocenters. The van der Waals surface area contributed by atoms with Gasteiger partial charge < -0.3 is 21.1 Å². The summed E-state index contributed by atoms with van der Waals surface area (Å²) >= 11 is 0. The van der Waals surface area contributed by atoms with E-state index in [9.17, 15) is 4.79 Å². The summed E-state index contributed by atoms with van der Waals surface area (Å²) in [6, 6.07) is 15.3. The van der Waals surface area contributed by atoms with Gasteiger partial charge in [0.05, 0.1) is 25.2 Å². The summed E-state index contributed by atoms with van der Waals surface area (Å²) < 4.78 is 5.40. The molecular formula is C20H22N6O2. The lowest BCUT2D eigenvalue weighted by atomic mass is 10.1. The molecule has 3 rings (SSSR count). The van der Waals surface area contributed by atoms with Crippen LogP contribution in [0.3, 0.4) is 0 Å². The topological polar surface area (TPSA) is 114 Å². The number of anilines is 3. The lowest BCUT2D eigenvalue weighted by Crippen LogP contribution is -2.21. The van der Waals surface area contributed by atoms with E-state index in [-0.39, 0.29) is 5.82 Å². The first kappa shape index (κ1) is 19.1. The van der Waals surface area contributed by atoms with Crippen molar-refractivity contribution in [1.82, 2.24) is 15.3 Å². The van der Waals surface area contributed by atoms with Crippen LogP contribution in [0.15, 0.2) is 60.9 Å². The van der Waals surface area contributed by atoms with Gasteiger partial charge in [0.1, 0.15) is 11.6 Å². The molecule has 0 saturated heterocycles. The van der Waals surface area contributed by atoms with Crippen molar-refractivity contribution >= 4 is 23.4 Å². The van der Waals surface area contributed by atoms with Crippen molar-refractivity contribution in [3.63, 3.8) is 0 Å². The zero-order valence-electron chi connectivity index (χ0n) is 15.5. The Balaban J connectivity index is 1.57. The monoisotopic (exact) mass is 378 g/mol. The van der Waals surface area contributed by atoms with Gasteiger partial charge in [-0.25, -0.2) is 14.8 Å². The summed E-state index contributed by atoms with van der Waals surface area (Å²) in [7, 11) is 1.56. The third kappa shape index (κ3) is 5.42. The fraction of sp³-hybridized carbons (Fsp3) is 0.150. The Kier molecular flexibility index (Phi) is 6.37. The summed E-state index contributed by atoms with van der Waals surface area (Å²) in [5.74, 6) is 1.15. The van der Waals surface area contributed by atoms with Crippen molar-refractivity contribution in [3.05, 3.63) is 72.1 Å². The minimum absolute atomic E-state index is 0.282. The molecule has 0 aliphatic heterocycles. The molecule has 8 nitrogen and oxygen atoms in total. The number of carbonyl (C=O) groups is 1. The number of urea groups is 1. The Labute approximate surface area is 163 Å². The molecule has 2 amide bonds. The van der Waals surface area contributed by atoms with Gasteiger partial charge in [0.25, 0.3) is 0 Å². The van der Waals surface area contributed by atoms with Crippen LogP contribution < -0.4 is 26.4 Å². The molecule has 1 aromatic heterocycles. The number of ether oxygens (including phenoxy) is 1. The van der Waals surface area contributed by atoms with Crippen molar-refractivity contribution in [2.24, 2.45) is 0 Å². The van der Waals surface area contributed by atoms with Crippen LogP contribution in [0.25, 0.3) is 0 Å². The minimum atomic E-state index is -0.452. The average Bonchev–Trinajstić information content (AvgIpc) is 2.71. The molecule has 1 heterocycles. The highest BCUT2D eigenvalue weighted by Crippen LogP contribution is 2.25. The largest absolute Gasteiger partial charge is 0.495 e. The van der Waals surface area contributed by atoms with Gasteiger partial charge in [-0.1, -0.05) is 36.4 Å². The van der Waals surface area contributed by atoms with Crippen molar-refractivity contribution in [2.45, 2.75) is 13.1 Å². The number of nitrogen functional groups attached to an aromatic ring is 1. The van der Waals surface area contributed by atoms with Gasteiger partial charge in [-0.2, -0.15) is 0 Å². The van der Waals surface area contributed by atoms with Gasteiger partial charge >= 0.3 is 6.03 Å². The molecule has 0 unspecified atom stereocenters. The van der Waals surface area contributed by atoms with E-state index in [0.29, 0.717) is 23.8 Å². The number of nitrogens with two attached hydrogens (primary N) is 1. The predicted molar refractivity (Wildman–Crippen MR) is 109 cm³/mol. The SMILES string of the molecule is COc1cc(CNCc2ccccc2)ccc1NC(=O)Nc1cnc(N)cn1. The molecule has 8 heteroatoms. The summed E-state index contributed by atoms with van der Waals surface area (Å²) in [6.07, 6.45) is 2.75. The first-order valence-corrected chi connectivity index (χ1v) is 8.71. The lowest BCUT2D eigenvalue weighted by Gasteiger charge is -2.13. The van der Waals surface area contributed by atoms with Gasteiger partial charge in [-0.05, 0) is 23.3 Å². The first-order chi connectivity index (χ1) is 13.6. The van der Waals surface area contributed by atoms with Crippen molar-refractivity contribution < 1.29 is 9.53 Å². The molecule has 0 aliphatic carbocycles. The number of methoxy groups -OCH3 is 1. The Morgan fingerprint density at radius 3 is 2.50 bits per heavy atom. The smallest absolute Gasteiger partial charge is 0.324 e. The Morgan fingerprint density at radius 2 is 1.79 bits per heavy atom. The second-order valence-electron chi connectivity index (χ2n) is 6.03. The van der Waals surface area contributed by atoms with Crippen molar-refractivity contribution in [3.8, 4) is 5.75 Å². The van der Waals surface area contributed by atoms with Gasteiger partial charge in [0.2, 0.25) is 0 Å². The Morgan fingerprint density at radius 1 is 1.00 bits per heavy atom. The third-order valence-electron chi connectivity index (χ3n) is 3.93. The molecule has 144 valence electrons. The second kappa shape index (κ2) is 9.33. The highest BCUT2D eigenvalue weighted by atomic mass is 16.5. The van der Waals surface area contributed by atoms with E-state index in [0.717, 1.165) is 12.1 Å². The average molecular weight is 378 g/mol. The van der Waals surface area contributed by atoms with E-state index in [4.69, 9.17) is 10.5 Å². The van der Waals surface area contributed by atoms with Gasteiger partial charge in [-0.3, -0.25) is 5.32 Å². The van der Waals surface area contributed by atoms with Gasteiger partial charge in [0, 0.05) is 13.1 Å². The highest BCUT2D eigenvalue weighted by Gasteiger charge is 2.09. The van der Waals surface area contributed by atoms with E-state index in [1.165, 1.54) is 18.0 Å². The maximum Gasteiger partial charge on any atom is 0.324 e.